The second kappa shape index (κ2) is 5.52. The fraction of sp³-hybridized carbons (Fsp3) is 0.333. The minimum atomic E-state index is -1.47. The highest BCUT2D eigenvalue weighted by Crippen LogP contribution is 2.58. The minimum absolute atomic E-state index is 0.111. The summed E-state index contributed by atoms with van der Waals surface area (Å²) in [6.45, 7) is -0.208. The molecule has 1 aromatic rings. The van der Waals surface area contributed by atoms with Gasteiger partial charge in [-0.1, -0.05) is 30.4 Å². The van der Waals surface area contributed by atoms with Crippen molar-refractivity contribution >= 4 is 17.9 Å². The Morgan fingerprint density at radius 3 is 2.62 bits per heavy atom. The first-order valence-electron chi connectivity index (χ1n) is 7.98. The van der Waals surface area contributed by atoms with Crippen LogP contribution in [0, 0.1) is 17.7 Å². The van der Waals surface area contributed by atoms with Gasteiger partial charge in [0.05, 0.1) is 17.9 Å². The van der Waals surface area contributed by atoms with Crippen LogP contribution in [-0.2, 0) is 25.7 Å². The molecule has 3 aliphatic rings. The molecule has 0 aromatic heterocycles. The Hall–Kier alpha value is -2.96. The summed E-state index contributed by atoms with van der Waals surface area (Å²) in [6, 6.07) is 4.44. The standard InChI is InChI=1S/C18H14FNO6/c19-10-4-2-1-3-9(10)7-20-11(8-21)14-13(16(22)23)12-5-6-18(14,26-12)15(20)17(24)25/h1-6,12-15H,7H2,(H,22,23)(H,24,25). The molecule has 3 aliphatic heterocycles. The van der Waals surface area contributed by atoms with Crippen LogP contribution >= 0.6 is 0 Å². The molecule has 7 nitrogen and oxygen atoms in total. The number of likely N-dealkylation sites (tertiary alicyclic amines) is 1. The molecule has 134 valence electrons. The van der Waals surface area contributed by atoms with Crippen molar-refractivity contribution in [2.45, 2.75) is 24.3 Å². The number of rotatable bonds is 4. The van der Waals surface area contributed by atoms with Crippen molar-refractivity contribution in [2.24, 2.45) is 11.8 Å². The van der Waals surface area contributed by atoms with E-state index < -0.39 is 47.3 Å². The maximum Gasteiger partial charge on any atom is 0.329 e. The Kier molecular flexibility index (Phi) is 3.50. The highest BCUT2D eigenvalue weighted by molar-refractivity contribution is 5.83. The Morgan fingerprint density at radius 2 is 2.00 bits per heavy atom. The van der Waals surface area contributed by atoms with Gasteiger partial charge in [-0.25, -0.2) is 14.0 Å². The summed E-state index contributed by atoms with van der Waals surface area (Å²) in [7, 11) is 0. The molecule has 1 spiro atoms. The third-order valence-electron chi connectivity index (χ3n) is 5.35. The predicted octanol–water partition coefficient (Wildman–Crippen LogP) is 0.834. The predicted molar refractivity (Wildman–Crippen MR) is 83.9 cm³/mol. The van der Waals surface area contributed by atoms with Crippen LogP contribution in [0.3, 0.4) is 0 Å². The van der Waals surface area contributed by atoms with Gasteiger partial charge in [0.25, 0.3) is 0 Å². The van der Waals surface area contributed by atoms with E-state index in [1.165, 1.54) is 35.3 Å². The smallest absolute Gasteiger partial charge is 0.329 e. The first kappa shape index (κ1) is 16.5. The van der Waals surface area contributed by atoms with E-state index in [2.05, 4.69) is 0 Å². The van der Waals surface area contributed by atoms with Gasteiger partial charge in [0, 0.05) is 12.1 Å². The molecule has 5 atom stereocenters. The lowest BCUT2D eigenvalue weighted by atomic mass is 9.74. The Bertz CT molecular complexity index is 891. The van der Waals surface area contributed by atoms with Gasteiger partial charge >= 0.3 is 11.9 Å². The molecule has 0 radical (unpaired) electrons. The molecule has 0 amide bonds. The Morgan fingerprint density at radius 1 is 1.27 bits per heavy atom. The van der Waals surface area contributed by atoms with E-state index in [4.69, 9.17) is 4.74 Å². The third-order valence-corrected chi connectivity index (χ3v) is 5.35. The molecule has 2 saturated heterocycles. The third kappa shape index (κ3) is 2.00. The summed E-state index contributed by atoms with van der Waals surface area (Å²) >= 11 is 0. The van der Waals surface area contributed by atoms with Gasteiger partial charge in [0.1, 0.15) is 23.1 Å². The van der Waals surface area contributed by atoms with Gasteiger partial charge in [0.15, 0.2) is 6.04 Å². The molecule has 8 heteroatoms. The molecule has 0 aliphatic carbocycles. The van der Waals surface area contributed by atoms with Crippen LogP contribution in [0.5, 0.6) is 0 Å². The molecule has 5 unspecified atom stereocenters. The number of benzene rings is 1. The minimum Gasteiger partial charge on any atom is -0.481 e. The number of carboxylic acid groups (broad SMARTS) is 2. The normalized spacial score (nSPS) is 34.0. The van der Waals surface area contributed by atoms with E-state index in [1.807, 2.05) is 0 Å². The topological polar surface area (TPSA) is 104 Å². The Balaban J connectivity index is 1.84. The van der Waals surface area contributed by atoms with E-state index in [0.29, 0.717) is 0 Å². The van der Waals surface area contributed by atoms with Crippen LogP contribution in [0.25, 0.3) is 0 Å². The lowest BCUT2D eigenvalue weighted by Gasteiger charge is -2.30. The van der Waals surface area contributed by atoms with Gasteiger partial charge in [-0.05, 0) is 6.07 Å². The average molecular weight is 359 g/mol. The molecule has 4 rings (SSSR count). The molecule has 26 heavy (non-hydrogen) atoms. The van der Waals surface area contributed by atoms with Gasteiger partial charge in [-0.15, -0.1) is 0 Å². The van der Waals surface area contributed by atoms with Crippen LogP contribution in [-0.4, -0.2) is 50.7 Å². The van der Waals surface area contributed by atoms with Crippen LogP contribution in [0.2, 0.25) is 0 Å². The quantitative estimate of drug-likeness (QED) is 0.606. The monoisotopic (exact) mass is 359 g/mol. The molecular weight excluding hydrogens is 345 g/mol. The molecular formula is C18H14FNO6. The van der Waals surface area contributed by atoms with E-state index in [-0.39, 0.29) is 17.8 Å². The SMILES string of the molecule is O=C=C1C2C(C(=O)O)C3C=CC2(O3)C(C(=O)O)N1Cc1ccccc1F. The fourth-order valence-electron chi connectivity index (χ4n) is 4.39. The average Bonchev–Trinajstić information content (AvgIpc) is 3.21. The first-order chi connectivity index (χ1) is 12.4. The van der Waals surface area contributed by atoms with E-state index in [1.54, 1.807) is 12.0 Å². The summed E-state index contributed by atoms with van der Waals surface area (Å²) in [5.74, 6) is -3.39. The summed E-state index contributed by atoms with van der Waals surface area (Å²) in [5.41, 5.74) is -1.40. The number of carbonyl (C=O) groups excluding carboxylic acids is 1. The van der Waals surface area contributed by atoms with Crippen molar-refractivity contribution in [3.05, 3.63) is 53.5 Å². The van der Waals surface area contributed by atoms with Gasteiger partial charge < -0.3 is 19.8 Å². The van der Waals surface area contributed by atoms with E-state index >= 15 is 0 Å². The second-order valence-corrected chi connectivity index (χ2v) is 6.58. The molecule has 3 heterocycles. The van der Waals surface area contributed by atoms with Gasteiger partial charge in [-0.2, -0.15) is 0 Å². The molecule has 0 saturated carbocycles. The second-order valence-electron chi connectivity index (χ2n) is 6.58. The summed E-state index contributed by atoms with van der Waals surface area (Å²) < 4.78 is 19.8. The van der Waals surface area contributed by atoms with Crippen LogP contribution in [0.1, 0.15) is 5.56 Å². The number of carbonyl (C=O) groups is 2. The molecule has 2 bridgehead atoms. The molecule has 2 fully saturated rings. The van der Waals surface area contributed by atoms with E-state index in [9.17, 15) is 29.0 Å². The van der Waals surface area contributed by atoms with Crippen molar-refractivity contribution in [3.63, 3.8) is 0 Å². The van der Waals surface area contributed by atoms with Crippen molar-refractivity contribution < 1.29 is 33.7 Å². The highest BCUT2D eigenvalue weighted by Gasteiger charge is 2.71. The van der Waals surface area contributed by atoms with Crippen molar-refractivity contribution in [1.29, 1.82) is 0 Å². The number of halogens is 1. The summed E-state index contributed by atoms with van der Waals surface area (Å²) in [4.78, 5) is 36.6. The number of ether oxygens (including phenoxy) is 1. The lowest BCUT2D eigenvalue weighted by Crippen LogP contribution is -2.50. The summed E-state index contributed by atoms with van der Waals surface area (Å²) in [5, 5.41) is 19.3. The number of aliphatic carboxylic acids is 2. The maximum atomic E-state index is 14.1. The zero-order chi connectivity index (χ0) is 18.6. The van der Waals surface area contributed by atoms with E-state index in [0.717, 1.165) is 0 Å². The fourth-order valence-corrected chi connectivity index (χ4v) is 4.39. The van der Waals surface area contributed by atoms with Crippen molar-refractivity contribution in [1.82, 2.24) is 4.90 Å². The van der Waals surface area contributed by atoms with Gasteiger partial charge in [0.2, 0.25) is 0 Å². The highest BCUT2D eigenvalue weighted by atomic mass is 19.1. The molecule has 2 N–H and O–H groups in total. The van der Waals surface area contributed by atoms with Crippen molar-refractivity contribution in [3.8, 4) is 0 Å². The Labute approximate surface area is 147 Å². The largest absolute Gasteiger partial charge is 0.481 e. The number of carboxylic acids is 2. The van der Waals surface area contributed by atoms with Crippen LogP contribution in [0.15, 0.2) is 42.1 Å². The van der Waals surface area contributed by atoms with Crippen molar-refractivity contribution in [2.75, 3.05) is 0 Å². The number of hydrogen-bond donors (Lipinski definition) is 2. The zero-order valence-corrected chi connectivity index (χ0v) is 13.3. The maximum absolute atomic E-state index is 14.1. The van der Waals surface area contributed by atoms with Crippen LogP contribution in [0.4, 0.5) is 4.39 Å². The number of fused-ring (bicyclic) bond motifs is 1. The number of nitrogens with zero attached hydrogens (tertiary/aromatic N) is 1. The van der Waals surface area contributed by atoms with Crippen LogP contribution < -0.4 is 0 Å². The lowest BCUT2D eigenvalue weighted by molar-refractivity contribution is -0.149. The summed E-state index contributed by atoms with van der Waals surface area (Å²) in [6.07, 6.45) is 2.22. The molecule has 1 aromatic carbocycles. The van der Waals surface area contributed by atoms with Gasteiger partial charge in [-0.3, -0.25) is 4.79 Å². The zero-order valence-electron chi connectivity index (χ0n) is 13.3. The number of hydrogen-bond acceptors (Lipinski definition) is 5. The first-order valence-corrected chi connectivity index (χ1v) is 7.98.